The number of allylic oxidation sites excluding steroid dienone is 2. The van der Waals surface area contributed by atoms with Crippen LogP contribution in [0.25, 0.3) is 12.2 Å². The van der Waals surface area contributed by atoms with Crippen molar-refractivity contribution in [3.8, 4) is 0 Å². The highest BCUT2D eigenvalue weighted by Gasteiger charge is 2.03. The Hall–Kier alpha value is -2.26. The van der Waals surface area contributed by atoms with E-state index in [0.717, 1.165) is 21.2 Å². The molecule has 23 heavy (non-hydrogen) atoms. The molecule has 0 aliphatic rings. The van der Waals surface area contributed by atoms with E-state index in [1.54, 1.807) is 12.2 Å². The van der Waals surface area contributed by atoms with E-state index in [9.17, 15) is 9.59 Å². The number of benzene rings is 2. The summed E-state index contributed by atoms with van der Waals surface area (Å²) in [5.74, 6) is -0.403. The summed E-state index contributed by atoms with van der Waals surface area (Å²) < 4.78 is 0.948. The van der Waals surface area contributed by atoms with Crippen LogP contribution >= 0.6 is 15.9 Å². The summed E-state index contributed by atoms with van der Waals surface area (Å²) in [4.78, 5) is 23.7. The first-order valence-electron chi connectivity index (χ1n) is 7.27. The number of hydrogen-bond donors (Lipinski definition) is 0. The van der Waals surface area contributed by atoms with E-state index in [-0.39, 0.29) is 18.0 Å². The van der Waals surface area contributed by atoms with Gasteiger partial charge in [-0.1, -0.05) is 70.0 Å². The molecule has 2 aromatic carbocycles. The van der Waals surface area contributed by atoms with E-state index in [4.69, 9.17) is 0 Å². The lowest BCUT2D eigenvalue weighted by molar-refractivity contribution is -0.121. The molecule has 0 radical (unpaired) electrons. The SMILES string of the molecule is Cc1cccc(/C=C/C(=O)CC(=O)/C=C/c2cccc(Br)c2)c1. The van der Waals surface area contributed by atoms with E-state index in [1.807, 2.05) is 55.5 Å². The fourth-order valence-electron chi connectivity index (χ4n) is 2.05. The molecule has 0 bridgehead atoms. The minimum atomic E-state index is -0.205. The van der Waals surface area contributed by atoms with E-state index >= 15 is 0 Å². The Morgan fingerprint density at radius 1 is 0.913 bits per heavy atom. The lowest BCUT2D eigenvalue weighted by Gasteiger charge is -1.96. The molecule has 0 atom stereocenters. The van der Waals surface area contributed by atoms with Crippen molar-refractivity contribution in [3.63, 3.8) is 0 Å². The summed E-state index contributed by atoms with van der Waals surface area (Å²) in [7, 11) is 0. The van der Waals surface area contributed by atoms with Gasteiger partial charge in [0.05, 0.1) is 6.42 Å². The van der Waals surface area contributed by atoms with Crippen LogP contribution in [0.3, 0.4) is 0 Å². The molecule has 3 heteroatoms. The van der Waals surface area contributed by atoms with Gasteiger partial charge in [0, 0.05) is 4.47 Å². The van der Waals surface area contributed by atoms with Crippen molar-refractivity contribution < 1.29 is 9.59 Å². The summed E-state index contributed by atoms with van der Waals surface area (Å²) in [6, 6.07) is 15.4. The minimum Gasteiger partial charge on any atom is -0.294 e. The van der Waals surface area contributed by atoms with Crippen LogP contribution in [-0.2, 0) is 9.59 Å². The van der Waals surface area contributed by atoms with Crippen molar-refractivity contribution >= 4 is 39.6 Å². The fourth-order valence-corrected chi connectivity index (χ4v) is 2.47. The summed E-state index contributed by atoms with van der Waals surface area (Å²) in [5, 5.41) is 0. The molecular formula is C20H17BrO2. The number of aryl methyl sites for hydroxylation is 1. The molecule has 0 amide bonds. The van der Waals surface area contributed by atoms with E-state index in [1.165, 1.54) is 12.2 Å². The number of rotatable bonds is 6. The van der Waals surface area contributed by atoms with Gasteiger partial charge in [0.25, 0.3) is 0 Å². The zero-order valence-electron chi connectivity index (χ0n) is 12.8. The maximum absolute atomic E-state index is 11.8. The topological polar surface area (TPSA) is 34.1 Å². The average molecular weight is 369 g/mol. The highest BCUT2D eigenvalue weighted by Crippen LogP contribution is 2.13. The molecule has 0 aromatic heterocycles. The highest BCUT2D eigenvalue weighted by atomic mass is 79.9. The molecule has 0 aliphatic carbocycles. The quantitative estimate of drug-likeness (QED) is 0.530. The monoisotopic (exact) mass is 368 g/mol. The van der Waals surface area contributed by atoms with Crippen LogP contribution in [0, 0.1) is 6.92 Å². The van der Waals surface area contributed by atoms with E-state index in [2.05, 4.69) is 15.9 Å². The average Bonchev–Trinajstić information content (AvgIpc) is 2.51. The predicted molar refractivity (Wildman–Crippen MR) is 98.0 cm³/mol. The van der Waals surface area contributed by atoms with E-state index < -0.39 is 0 Å². The second-order valence-corrected chi connectivity index (χ2v) is 6.16. The number of ketones is 2. The molecule has 0 N–H and O–H groups in total. The number of carbonyl (C=O) groups is 2. The summed E-state index contributed by atoms with van der Waals surface area (Å²) in [5.41, 5.74) is 3.00. The van der Waals surface area contributed by atoms with Crippen LogP contribution < -0.4 is 0 Å². The van der Waals surface area contributed by atoms with Gasteiger partial charge in [-0.05, 0) is 42.3 Å². The van der Waals surface area contributed by atoms with Crippen molar-refractivity contribution in [3.05, 3.63) is 81.8 Å². The van der Waals surface area contributed by atoms with Crippen molar-refractivity contribution in [1.29, 1.82) is 0 Å². The van der Waals surface area contributed by atoms with Gasteiger partial charge >= 0.3 is 0 Å². The molecule has 116 valence electrons. The summed E-state index contributed by atoms with van der Waals surface area (Å²) >= 11 is 3.38. The smallest absolute Gasteiger partial charge is 0.163 e. The Kier molecular flexibility index (Phi) is 6.24. The van der Waals surface area contributed by atoms with Gasteiger partial charge in [0.2, 0.25) is 0 Å². The highest BCUT2D eigenvalue weighted by molar-refractivity contribution is 9.10. The molecule has 0 saturated heterocycles. The third kappa shape index (κ3) is 6.17. The van der Waals surface area contributed by atoms with Crippen LogP contribution in [-0.4, -0.2) is 11.6 Å². The van der Waals surface area contributed by atoms with Gasteiger partial charge in [0.1, 0.15) is 0 Å². The summed E-state index contributed by atoms with van der Waals surface area (Å²) in [6.45, 7) is 2.00. The third-order valence-electron chi connectivity index (χ3n) is 3.16. The Labute approximate surface area is 144 Å². The second-order valence-electron chi connectivity index (χ2n) is 5.25. The van der Waals surface area contributed by atoms with Crippen LogP contribution in [0.4, 0.5) is 0 Å². The van der Waals surface area contributed by atoms with Crippen molar-refractivity contribution in [2.45, 2.75) is 13.3 Å². The lowest BCUT2D eigenvalue weighted by Crippen LogP contribution is -2.01. The van der Waals surface area contributed by atoms with Crippen molar-refractivity contribution in [2.75, 3.05) is 0 Å². The van der Waals surface area contributed by atoms with Gasteiger partial charge in [-0.15, -0.1) is 0 Å². The Morgan fingerprint density at radius 3 is 2.04 bits per heavy atom. The standard InChI is InChI=1S/C20H17BrO2/c1-15-4-2-5-16(12-15)8-10-19(22)14-20(23)11-9-17-6-3-7-18(21)13-17/h2-13H,14H2,1H3/b10-8+,11-9+. The minimum absolute atomic E-state index is 0.118. The first-order chi connectivity index (χ1) is 11.0. The Bertz CT molecular complexity index is 707. The Balaban J connectivity index is 1.91. The van der Waals surface area contributed by atoms with Crippen molar-refractivity contribution in [2.24, 2.45) is 0 Å². The van der Waals surface area contributed by atoms with Gasteiger partial charge in [-0.2, -0.15) is 0 Å². The zero-order chi connectivity index (χ0) is 16.7. The van der Waals surface area contributed by atoms with Crippen molar-refractivity contribution in [1.82, 2.24) is 0 Å². The summed E-state index contributed by atoms with van der Waals surface area (Å²) in [6.07, 6.45) is 6.23. The van der Waals surface area contributed by atoms with Gasteiger partial charge in [0.15, 0.2) is 11.6 Å². The largest absolute Gasteiger partial charge is 0.294 e. The molecule has 0 unspecified atom stereocenters. The fraction of sp³-hybridized carbons (Fsp3) is 0.100. The first-order valence-corrected chi connectivity index (χ1v) is 8.06. The molecule has 2 rings (SSSR count). The van der Waals surface area contributed by atoms with E-state index in [0.29, 0.717) is 0 Å². The maximum Gasteiger partial charge on any atom is 0.163 e. The molecule has 2 nitrogen and oxygen atoms in total. The van der Waals surface area contributed by atoms with Gasteiger partial charge in [-0.25, -0.2) is 0 Å². The van der Waals surface area contributed by atoms with Gasteiger partial charge < -0.3 is 0 Å². The number of carbonyl (C=O) groups excluding carboxylic acids is 2. The number of halogens is 1. The molecule has 0 aliphatic heterocycles. The Morgan fingerprint density at radius 2 is 1.48 bits per heavy atom. The number of hydrogen-bond acceptors (Lipinski definition) is 2. The third-order valence-corrected chi connectivity index (χ3v) is 3.66. The van der Waals surface area contributed by atoms with Crippen LogP contribution in [0.2, 0.25) is 0 Å². The normalized spacial score (nSPS) is 11.2. The molecular weight excluding hydrogens is 352 g/mol. The molecule has 0 fully saturated rings. The maximum atomic E-state index is 11.8. The van der Waals surface area contributed by atoms with Crippen LogP contribution in [0.1, 0.15) is 23.1 Å². The van der Waals surface area contributed by atoms with Gasteiger partial charge in [-0.3, -0.25) is 9.59 Å². The molecule has 0 saturated carbocycles. The lowest BCUT2D eigenvalue weighted by atomic mass is 10.1. The van der Waals surface area contributed by atoms with Crippen LogP contribution in [0.5, 0.6) is 0 Å². The molecule has 2 aromatic rings. The predicted octanol–water partition coefficient (Wildman–Crippen LogP) is 5.01. The second kappa shape index (κ2) is 8.39. The molecule has 0 heterocycles. The molecule has 0 spiro atoms. The zero-order valence-corrected chi connectivity index (χ0v) is 14.4. The first kappa shape index (κ1) is 17.1. The van der Waals surface area contributed by atoms with Crippen LogP contribution in [0.15, 0.2) is 65.2 Å².